The molecule has 0 aliphatic carbocycles. The molecule has 0 aliphatic rings. The highest BCUT2D eigenvalue weighted by Gasteiger charge is 2.16. The molecule has 0 bridgehead atoms. The molecule has 0 fully saturated rings. The van der Waals surface area contributed by atoms with Gasteiger partial charge in [-0.2, -0.15) is 0 Å². The van der Waals surface area contributed by atoms with Crippen molar-refractivity contribution in [3.05, 3.63) is 57.2 Å². The Hall–Kier alpha value is -1.52. The van der Waals surface area contributed by atoms with Crippen LogP contribution in [0, 0.1) is 0 Å². The van der Waals surface area contributed by atoms with Gasteiger partial charge < -0.3 is 10.2 Å². The minimum absolute atomic E-state index is 0.00371. The summed E-state index contributed by atoms with van der Waals surface area (Å²) >= 11 is 7.59. The van der Waals surface area contributed by atoms with Crippen molar-refractivity contribution in [1.82, 2.24) is 10.2 Å². The number of amides is 2. The molecule has 21 heavy (non-hydrogen) atoms. The summed E-state index contributed by atoms with van der Waals surface area (Å²) in [6.07, 6.45) is 0.868. The van der Waals surface area contributed by atoms with Crippen molar-refractivity contribution >= 4 is 29.0 Å². The van der Waals surface area contributed by atoms with Gasteiger partial charge in [0.05, 0.1) is 6.04 Å². The second-order valence-electron chi connectivity index (χ2n) is 4.90. The molecule has 2 amide bonds. The zero-order valence-electron chi connectivity index (χ0n) is 12.2. The second kappa shape index (κ2) is 7.48. The van der Waals surface area contributed by atoms with Gasteiger partial charge in [0.2, 0.25) is 0 Å². The van der Waals surface area contributed by atoms with Crippen molar-refractivity contribution in [2.24, 2.45) is 0 Å². The quantitative estimate of drug-likeness (QED) is 0.872. The van der Waals surface area contributed by atoms with E-state index in [1.54, 1.807) is 23.3 Å². The summed E-state index contributed by atoms with van der Waals surface area (Å²) in [4.78, 5) is 15.1. The molecule has 0 spiro atoms. The van der Waals surface area contributed by atoms with E-state index in [1.165, 1.54) is 4.88 Å². The maximum atomic E-state index is 12.1. The van der Waals surface area contributed by atoms with Crippen LogP contribution >= 0.6 is 22.9 Å². The third kappa shape index (κ3) is 4.48. The molecule has 1 aromatic heterocycles. The number of carbonyl (C=O) groups excluding carboxylic acids is 1. The average molecular weight is 323 g/mol. The van der Waals surface area contributed by atoms with E-state index in [2.05, 4.69) is 11.4 Å². The van der Waals surface area contributed by atoms with Crippen molar-refractivity contribution < 1.29 is 4.79 Å². The molecule has 1 N–H and O–H groups in total. The van der Waals surface area contributed by atoms with Crippen molar-refractivity contribution in [2.45, 2.75) is 19.4 Å². The van der Waals surface area contributed by atoms with E-state index in [0.717, 1.165) is 12.0 Å². The fourth-order valence-corrected chi connectivity index (χ4v) is 2.85. The van der Waals surface area contributed by atoms with E-state index >= 15 is 0 Å². The molecule has 1 heterocycles. The molecule has 2 aromatic rings. The summed E-state index contributed by atoms with van der Waals surface area (Å²) in [5.74, 6) is 0. The van der Waals surface area contributed by atoms with Gasteiger partial charge in [-0.25, -0.2) is 4.79 Å². The lowest BCUT2D eigenvalue weighted by Gasteiger charge is -2.25. The van der Waals surface area contributed by atoms with Gasteiger partial charge >= 0.3 is 6.03 Å². The van der Waals surface area contributed by atoms with Crippen LogP contribution in [0.4, 0.5) is 4.79 Å². The number of rotatable bonds is 5. The lowest BCUT2D eigenvalue weighted by atomic mass is 10.1. The third-order valence-corrected chi connectivity index (χ3v) is 4.67. The Kier molecular flexibility index (Phi) is 5.65. The Morgan fingerprint density at radius 3 is 2.67 bits per heavy atom. The topological polar surface area (TPSA) is 32.3 Å². The Morgan fingerprint density at radius 1 is 1.33 bits per heavy atom. The fourth-order valence-electron chi connectivity index (χ4n) is 2.01. The lowest BCUT2D eigenvalue weighted by molar-refractivity contribution is 0.194. The summed E-state index contributed by atoms with van der Waals surface area (Å²) in [6, 6.07) is 11.6. The van der Waals surface area contributed by atoms with Crippen molar-refractivity contribution in [1.29, 1.82) is 0 Å². The SMILES string of the molecule is CC(c1ccc(Cl)cc1)N(C)C(=O)NCCc1cccs1. The Balaban J connectivity index is 1.84. The van der Waals surface area contributed by atoms with Gasteiger partial charge in [-0.15, -0.1) is 11.3 Å². The van der Waals surface area contributed by atoms with Gasteiger partial charge in [-0.3, -0.25) is 0 Å². The van der Waals surface area contributed by atoms with Crippen LogP contribution in [0.25, 0.3) is 0 Å². The minimum Gasteiger partial charge on any atom is -0.338 e. The molecule has 112 valence electrons. The normalized spacial score (nSPS) is 12.0. The highest BCUT2D eigenvalue weighted by molar-refractivity contribution is 7.09. The van der Waals surface area contributed by atoms with Crippen LogP contribution in [-0.4, -0.2) is 24.5 Å². The lowest BCUT2D eigenvalue weighted by Crippen LogP contribution is -2.39. The van der Waals surface area contributed by atoms with Crippen LogP contribution in [0.15, 0.2) is 41.8 Å². The first-order valence-electron chi connectivity index (χ1n) is 6.86. The molecule has 0 radical (unpaired) electrons. The van der Waals surface area contributed by atoms with E-state index in [-0.39, 0.29) is 12.1 Å². The molecule has 0 saturated carbocycles. The summed E-state index contributed by atoms with van der Waals surface area (Å²) in [5, 5.41) is 5.70. The fraction of sp³-hybridized carbons (Fsp3) is 0.312. The highest BCUT2D eigenvalue weighted by Crippen LogP contribution is 2.20. The minimum atomic E-state index is -0.0611. The largest absolute Gasteiger partial charge is 0.338 e. The third-order valence-electron chi connectivity index (χ3n) is 3.48. The number of thiophene rings is 1. The molecule has 1 aromatic carbocycles. The summed E-state index contributed by atoms with van der Waals surface area (Å²) in [7, 11) is 1.81. The first-order valence-corrected chi connectivity index (χ1v) is 8.12. The number of nitrogens with zero attached hydrogens (tertiary/aromatic N) is 1. The molecule has 3 nitrogen and oxygen atoms in total. The highest BCUT2D eigenvalue weighted by atomic mass is 35.5. The first-order chi connectivity index (χ1) is 10.1. The number of benzene rings is 1. The summed E-state index contributed by atoms with van der Waals surface area (Å²) in [6.45, 7) is 2.65. The monoisotopic (exact) mass is 322 g/mol. The van der Waals surface area contributed by atoms with E-state index in [1.807, 2.05) is 42.6 Å². The molecule has 2 rings (SSSR count). The smallest absolute Gasteiger partial charge is 0.317 e. The van der Waals surface area contributed by atoms with Gasteiger partial charge in [0, 0.05) is 23.5 Å². The molecule has 1 atom stereocenters. The van der Waals surface area contributed by atoms with Crippen LogP contribution in [0.3, 0.4) is 0 Å². The number of nitrogens with one attached hydrogen (secondary N) is 1. The van der Waals surface area contributed by atoms with Gasteiger partial charge in [-0.1, -0.05) is 29.8 Å². The number of carbonyl (C=O) groups is 1. The van der Waals surface area contributed by atoms with Crippen LogP contribution in [0.1, 0.15) is 23.4 Å². The predicted octanol–water partition coefficient (Wildman–Crippen LogP) is 4.35. The van der Waals surface area contributed by atoms with Gasteiger partial charge in [0.25, 0.3) is 0 Å². The zero-order valence-corrected chi connectivity index (χ0v) is 13.7. The van der Waals surface area contributed by atoms with Gasteiger partial charge in [0.1, 0.15) is 0 Å². The van der Waals surface area contributed by atoms with E-state index in [4.69, 9.17) is 11.6 Å². The molecular weight excluding hydrogens is 304 g/mol. The number of hydrogen-bond acceptors (Lipinski definition) is 2. The molecule has 0 aliphatic heterocycles. The van der Waals surface area contributed by atoms with Crippen molar-refractivity contribution in [3.63, 3.8) is 0 Å². The Bertz CT molecular complexity index is 568. The Morgan fingerprint density at radius 2 is 2.05 bits per heavy atom. The van der Waals surface area contributed by atoms with Crippen LogP contribution < -0.4 is 5.32 Å². The van der Waals surface area contributed by atoms with E-state index < -0.39 is 0 Å². The Labute approximate surface area is 134 Å². The van der Waals surface area contributed by atoms with Crippen molar-refractivity contribution in [3.8, 4) is 0 Å². The van der Waals surface area contributed by atoms with Crippen LogP contribution in [-0.2, 0) is 6.42 Å². The molecular formula is C16H19ClN2OS. The molecule has 0 saturated heterocycles. The maximum absolute atomic E-state index is 12.1. The zero-order chi connectivity index (χ0) is 15.2. The average Bonchev–Trinajstić information content (AvgIpc) is 2.99. The van der Waals surface area contributed by atoms with Crippen LogP contribution in [0.2, 0.25) is 5.02 Å². The van der Waals surface area contributed by atoms with E-state index in [0.29, 0.717) is 11.6 Å². The maximum Gasteiger partial charge on any atom is 0.317 e. The van der Waals surface area contributed by atoms with Gasteiger partial charge in [0.15, 0.2) is 0 Å². The molecule has 5 heteroatoms. The standard InChI is InChI=1S/C16H19ClN2OS/c1-12(13-5-7-14(17)8-6-13)19(2)16(20)18-10-9-15-4-3-11-21-15/h3-8,11-12H,9-10H2,1-2H3,(H,18,20). The summed E-state index contributed by atoms with van der Waals surface area (Å²) < 4.78 is 0. The first kappa shape index (κ1) is 15.9. The predicted molar refractivity (Wildman–Crippen MR) is 89.1 cm³/mol. The van der Waals surface area contributed by atoms with Crippen molar-refractivity contribution in [2.75, 3.05) is 13.6 Å². The van der Waals surface area contributed by atoms with E-state index in [9.17, 15) is 4.79 Å². The van der Waals surface area contributed by atoms with Gasteiger partial charge in [-0.05, 0) is 42.5 Å². The van der Waals surface area contributed by atoms with Crippen LogP contribution in [0.5, 0.6) is 0 Å². The second-order valence-corrected chi connectivity index (χ2v) is 6.37. The number of halogens is 1. The number of hydrogen-bond donors (Lipinski definition) is 1. The number of urea groups is 1. The summed E-state index contributed by atoms with van der Waals surface area (Å²) in [5.41, 5.74) is 1.07. The molecule has 1 unspecified atom stereocenters.